The molecule has 72 valence electrons. The molecule has 1 heterocycles. The summed E-state index contributed by atoms with van der Waals surface area (Å²) in [7, 11) is 0. The average Bonchev–Trinajstić information content (AvgIpc) is 2.16. The van der Waals surface area contributed by atoms with Crippen molar-refractivity contribution in [2.75, 3.05) is 0 Å². The minimum absolute atomic E-state index is 0.160. The van der Waals surface area contributed by atoms with Crippen molar-refractivity contribution in [1.29, 1.82) is 0 Å². The molecule has 1 aromatic heterocycles. The molecular formula is C10H8FNO2. The Hall–Kier alpha value is -1.84. The van der Waals surface area contributed by atoms with Crippen LogP contribution in [-0.4, -0.2) is 10.1 Å². The fraction of sp³-hybridized carbons (Fsp3) is 0.100. The molecule has 0 radical (unpaired) electrons. The van der Waals surface area contributed by atoms with Crippen molar-refractivity contribution in [2.45, 2.75) is 6.92 Å². The maximum atomic E-state index is 12.8. The molecule has 2 rings (SSSR count). The summed E-state index contributed by atoms with van der Waals surface area (Å²) in [6.45, 7) is 1.58. The third kappa shape index (κ3) is 1.16. The van der Waals surface area contributed by atoms with E-state index in [4.69, 9.17) is 0 Å². The van der Waals surface area contributed by atoms with Gasteiger partial charge in [0, 0.05) is 5.52 Å². The van der Waals surface area contributed by atoms with E-state index < -0.39 is 11.2 Å². The van der Waals surface area contributed by atoms with Gasteiger partial charge >= 0.3 is 0 Å². The molecule has 0 amide bonds. The molecule has 0 unspecified atom stereocenters. The van der Waals surface area contributed by atoms with E-state index in [1.807, 2.05) is 0 Å². The average molecular weight is 193 g/mol. The van der Waals surface area contributed by atoms with E-state index in [2.05, 4.69) is 4.98 Å². The molecule has 0 spiro atoms. The van der Waals surface area contributed by atoms with Gasteiger partial charge in [0.25, 0.3) is 0 Å². The minimum atomic E-state index is -0.546. The first-order chi connectivity index (χ1) is 6.59. The number of benzene rings is 1. The van der Waals surface area contributed by atoms with Crippen LogP contribution in [0.2, 0.25) is 0 Å². The Morgan fingerprint density at radius 3 is 2.86 bits per heavy atom. The van der Waals surface area contributed by atoms with Gasteiger partial charge in [0.1, 0.15) is 5.82 Å². The summed E-state index contributed by atoms with van der Waals surface area (Å²) in [6, 6.07) is 3.83. The van der Waals surface area contributed by atoms with Crippen LogP contribution in [0.3, 0.4) is 0 Å². The Morgan fingerprint density at radius 1 is 1.43 bits per heavy atom. The highest BCUT2D eigenvalue weighted by Crippen LogP contribution is 2.15. The fourth-order valence-electron chi connectivity index (χ4n) is 1.37. The molecule has 0 atom stereocenters. The first-order valence-electron chi connectivity index (χ1n) is 4.10. The number of aryl methyl sites for hydroxylation is 1. The molecule has 3 nitrogen and oxygen atoms in total. The standard InChI is InChI=1S/C10H8FNO2/c1-5-9(13)10(14)7-4-6(11)2-3-8(7)12-5/h2-4,13H,1H3,(H,12,14). The van der Waals surface area contributed by atoms with Gasteiger partial charge in [-0.3, -0.25) is 4.79 Å². The molecule has 0 aliphatic rings. The second-order valence-corrected chi connectivity index (χ2v) is 3.12. The molecule has 0 aliphatic carbocycles. The normalized spacial score (nSPS) is 10.7. The van der Waals surface area contributed by atoms with Crippen LogP contribution >= 0.6 is 0 Å². The zero-order valence-corrected chi connectivity index (χ0v) is 7.47. The number of aromatic hydroxyl groups is 1. The van der Waals surface area contributed by atoms with E-state index in [1.165, 1.54) is 12.1 Å². The second kappa shape index (κ2) is 2.83. The summed E-state index contributed by atoms with van der Waals surface area (Å²) < 4.78 is 12.8. The molecule has 0 bridgehead atoms. The van der Waals surface area contributed by atoms with Crippen LogP contribution in [0.1, 0.15) is 5.69 Å². The lowest BCUT2D eigenvalue weighted by atomic mass is 10.2. The van der Waals surface area contributed by atoms with E-state index >= 15 is 0 Å². The molecule has 4 heteroatoms. The van der Waals surface area contributed by atoms with Crippen LogP contribution in [0, 0.1) is 12.7 Å². The summed E-state index contributed by atoms with van der Waals surface area (Å²) in [6.07, 6.45) is 0. The molecule has 0 saturated heterocycles. The van der Waals surface area contributed by atoms with Gasteiger partial charge in [-0.05, 0) is 25.1 Å². The van der Waals surface area contributed by atoms with Crippen molar-refractivity contribution >= 4 is 10.9 Å². The van der Waals surface area contributed by atoms with Gasteiger partial charge in [0.2, 0.25) is 5.43 Å². The van der Waals surface area contributed by atoms with Gasteiger partial charge in [0.15, 0.2) is 5.75 Å². The number of fused-ring (bicyclic) bond motifs is 1. The molecular weight excluding hydrogens is 185 g/mol. The maximum Gasteiger partial charge on any atom is 0.231 e. The van der Waals surface area contributed by atoms with Crippen molar-refractivity contribution in [3.05, 3.63) is 39.9 Å². The van der Waals surface area contributed by atoms with Crippen LogP contribution < -0.4 is 5.43 Å². The lowest BCUT2D eigenvalue weighted by Crippen LogP contribution is -2.05. The van der Waals surface area contributed by atoms with Crippen LogP contribution in [0.15, 0.2) is 23.0 Å². The van der Waals surface area contributed by atoms with Gasteiger partial charge in [-0.1, -0.05) is 0 Å². The molecule has 2 N–H and O–H groups in total. The highest BCUT2D eigenvalue weighted by atomic mass is 19.1. The first-order valence-corrected chi connectivity index (χ1v) is 4.10. The van der Waals surface area contributed by atoms with Crippen LogP contribution in [0.25, 0.3) is 10.9 Å². The van der Waals surface area contributed by atoms with Crippen LogP contribution in [-0.2, 0) is 0 Å². The molecule has 0 saturated carbocycles. The number of pyridine rings is 1. The predicted molar refractivity (Wildman–Crippen MR) is 50.9 cm³/mol. The predicted octanol–water partition coefficient (Wildman–Crippen LogP) is 1.68. The van der Waals surface area contributed by atoms with E-state index in [0.717, 1.165) is 6.07 Å². The van der Waals surface area contributed by atoms with Crippen LogP contribution in [0.5, 0.6) is 5.75 Å². The number of nitrogens with one attached hydrogen (secondary N) is 1. The van der Waals surface area contributed by atoms with E-state index in [1.54, 1.807) is 6.92 Å². The monoisotopic (exact) mass is 193 g/mol. The maximum absolute atomic E-state index is 12.8. The third-order valence-corrected chi connectivity index (χ3v) is 2.12. The molecule has 0 aliphatic heterocycles. The SMILES string of the molecule is Cc1[nH]c2ccc(F)cc2c(=O)c1O. The highest BCUT2D eigenvalue weighted by Gasteiger charge is 2.07. The van der Waals surface area contributed by atoms with Gasteiger partial charge in [-0.25, -0.2) is 4.39 Å². The van der Waals surface area contributed by atoms with Crippen molar-refractivity contribution in [1.82, 2.24) is 4.98 Å². The topological polar surface area (TPSA) is 53.1 Å². The molecule has 0 fully saturated rings. The lowest BCUT2D eigenvalue weighted by Gasteiger charge is -2.02. The Bertz CT molecular complexity index is 560. The van der Waals surface area contributed by atoms with Crippen molar-refractivity contribution in [3.63, 3.8) is 0 Å². The fourth-order valence-corrected chi connectivity index (χ4v) is 1.37. The van der Waals surface area contributed by atoms with Gasteiger partial charge in [-0.15, -0.1) is 0 Å². The van der Waals surface area contributed by atoms with E-state index in [0.29, 0.717) is 11.2 Å². The van der Waals surface area contributed by atoms with Gasteiger partial charge in [0.05, 0.1) is 11.1 Å². The summed E-state index contributed by atoms with van der Waals surface area (Å²) in [5, 5.41) is 9.49. The van der Waals surface area contributed by atoms with Gasteiger partial charge < -0.3 is 10.1 Å². The molecule has 2 aromatic rings. The Kier molecular flexibility index (Phi) is 1.77. The zero-order valence-electron chi connectivity index (χ0n) is 7.47. The summed E-state index contributed by atoms with van der Waals surface area (Å²) >= 11 is 0. The molecule has 1 aromatic carbocycles. The lowest BCUT2D eigenvalue weighted by molar-refractivity contribution is 0.464. The van der Waals surface area contributed by atoms with Crippen molar-refractivity contribution in [3.8, 4) is 5.75 Å². The number of aromatic amines is 1. The summed E-state index contributed by atoms with van der Waals surface area (Å²) in [5.74, 6) is -0.852. The first kappa shape index (κ1) is 8.74. The van der Waals surface area contributed by atoms with Crippen LogP contribution in [0.4, 0.5) is 4.39 Å². The zero-order chi connectivity index (χ0) is 10.3. The Balaban J connectivity index is 2.99. The number of rotatable bonds is 0. The molecule has 14 heavy (non-hydrogen) atoms. The summed E-state index contributed by atoms with van der Waals surface area (Å²) in [4.78, 5) is 14.3. The van der Waals surface area contributed by atoms with Crippen molar-refractivity contribution < 1.29 is 9.50 Å². The minimum Gasteiger partial charge on any atom is -0.503 e. The Morgan fingerprint density at radius 2 is 2.14 bits per heavy atom. The largest absolute Gasteiger partial charge is 0.503 e. The van der Waals surface area contributed by atoms with E-state index in [-0.39, 0.29) is 11.1 Å². The smallest absolute Gasteiger partial charge is 0.231 e. The van der Waals surface area contributed by atoms with Crippen molar-refractivity contribution in [2.24, 2.45) is 0 Å². The third-order valence-electron chi connectivity index (χ3n) is 2.12. The van der Waals surface area contributed by atoms with Gasteiger partial charge in [-0.2, -0.15) is 0 Å². The number of hydrogen-bond acceptors (Lipinski definition) is 2. The second-order valence-electron chi connectivity index (χ2n) is 3.12. The number of H-pyrrole nitrogens is 1. The number of halogens is 1. The Labute approximate surface area is 78.8 Å². The van der Waals surface area contributed by atoms with E-state index in [9.17, 15) is 14.3 Å². The number of hydrogen-bond donors (Lipinski definition) is 2. The summed E-state index contributed by atoms with van der Waals surface area (Å²) in [5.41, 5.74) is 0.358. The number of aromatic nitrogens is 1. The highest BCUT2D eigenvalue weighted by molar-refractivity contribution is 5.80. The quantitative estimate of drug-likeness (QED) is 0.668.